The van der Waals surface area contributed by atoms with Gasteiger partial charge in [-0.1, -0.05) is 35.9 Å². The first-order chi connectivity index (χ1) is 14.3. The van der Waals surface area contributed by atoms with Crippen LogP contribution in [0.4, 0.5) is 5.69 Å². The molecule has 1 unspecified atom stereocenters. The maximum atomic E-state index is 13.3. The van der Waals surface area contributed by atoms with Gasteiger partial charge in [-0.05, 0) is 24.3 Å². The molecule has 2 aromatic rings. The molecule has 1 aliphatic rings. The number of hydrogen-bond donors (Lipinski definition) is 2. The number of nitrogens with one attached hydrogen (secondary N) is 2. The van der Waals surface area contributed by atoms with Gasteiger partial charge < -0.3 is 14.8 Å². The zero-order valence-electron chi connectivity index (χ0n) is 16.1. The van der Waals surface area contributed by atoms with E-state index in [0.717, 1.165) is 19.2 Å². The molecule has 0 saturated heterocycles. The van der Waals surface area contributed by atoms with E-state index in [1.54, 1.807) is 30.3 Å². The van der Waals surface area contributed by atoms with Crippen molar-refractivity contribution in [3.8, 4) is 0 Å². The van der Waals surface area contributed by atoms with E-state index < -0.39 is 35.8 Å². The fourth-order valence-corrected chi connectivity index (χ4v) is 3.31. The average Bonchev–Trinajstić information content (AvgIpc) is 2.75. The molecule has 0 fully saturated rings. The summed E-state index contributed by atoms with van der Waals surface area (Å²) in [5, 5.41) is 3.74. The van der Waals surface area contributed by atoms with E-state index in [9.17, 15) is 19.2 Å². The van der Waals surface area contributed by atoms with E-state index in [2.05, 4.69) is 10.7 Å². The number of benzene rings is 2. The minimum atomic E-state index is -2.08. The Labute approximate surface area is 176 Å². The molecule has 3 rings (SSSR count). The topological polar surface area (TPSA) is 114 Å². The second-order valence-electron chi connectivity index (χ2n) is 6.34. The number of anilines is 1. The van der Waals surface area contributed by atoms with Crippen molar-refractivity contribution in [3.63, 3.8) is 0 Å². The number of halogens is 1. The predicted molar refractivity (Wildman–Crippen MR) is 107 cm³/mol. The number of ether oxygens (including phenoxy) is 2. The van der Waals surface area contributed by atoms with Gasteiger partial charge in [0.25, 0.3) is 11.8 Å². The number of hydrogen-bond acceptors (Lipinski definition) is 7. The van der Waals surface area contributed by atoms with Crippen molar-refractivity contribution in [2.75, 3.05) is 19.5 Å². The molecule has 0 radical (unpaired) electrons. The highest BCUT2D eigenvalue weighted by Crippen LogP contribution is 2.34. The van der Waals surface area contributed by atoms with Crippen molar-refractivity contribution in [2.24, 2.45) is 0 Å². The second kappa shape index (κ2) is 8.42. The Hall–Kier alpha value is -3.59. The molecule has 156 valence electrons. The van der Waals surface area contributed by atoms with Crippen LogP contribution < -0.4 is 10.7 Å². The lowest BCUT2D eigenvalue weighted by Gasteiger charge is -2.44. The zero-order valence-corrected chi connectivity index (χ0v) is 16.9. The Morgan fingerprint density at radius 1 is 1.07 bits per heavy atom. The maximum absolute atomic E-state index is 13.3. The minimum absolute atomic E-state index is 0.0719. The van der Waals surface area contributed by atoms with Gasteiger partial charge in [0, 0.05) is 5.69 Å². The molecule has 1 aliphatic heterocycles. The predicted octanol–water partition coefficient (Wildman–Crippen LogP) is 1.99. The molecule has 0 saturated carbocycles. The molecular weight excluding hydrogens is 414 g/mol. The fourth-order valence-electron chi connectivity index (χ4n) is 3.09. The summed E-state index contributed by atoms with van der Waals surface area (Å²) < 4.78 is 9.56. The van der Waals surface area contributed by atoms with Crippen LogP contribution in [0.3, 0.4) is 0 Å². The number of nitrogens with zero attached hydrogens (tertiary/aromatic N) is 1. The van der Waals surface area contributed by atoms with Gasteiger partial charge in [0.2, 0.25) is 5.66 Å². The van der Waals surface area contributed by atoms with Gasteiger partial charge in [-0.15, -0.1) is 0 Å². The van der Waals surface area contributed by atoms with Crippen molar-refractivity contribution >= 4 is 41.0 Å². The molecule has 2 amide bonds. The molecule has 0 bridgehead atoms. The van der Waals surface area contributed by atoms with Gasteiger partial charge in [-0.25, -0.2) is 9.80 Å². The van der Waals surface area contributed by atoms with Crippen LogP contribution in [0.5, 0.6) is 0 Å². The van der Waals surface area contributed by atoms with Crippen molar-refractivity contribution < 1.29 is 28.7 Å². The first kappa shape index (κ1) is 21.1. The van der Waals surface area contributed by atoms with Crippen molar-refractivity contribution in [1.82, 2.24) is 10.4 Å². The first-order valence-corrected chi connectivity index (χ1v) is 9.14. The summed E-state index contributed by atoms with van der Waals surface area (Å²) in [6.45, 7) is 0. The van der Waals surface area contributed by atoms with Gasteiger partial charge >= 0.3 is 11.9 Å². The van der Waals surface area contributed by atoms with Crippen molar-refractivity contribution in [2.45, 2.75) is 12.1 Å². The lowest BCUT2D eigenvalue weighted by molar-refractivity contribution is -0.160. The van der Waals surface area contributed by atoms with Crippen LogP contribution in [0.2, 0.25) is 5.02 Å². The molecule has 30 heavy (non-hydrogen) atoms. The Bertz CT molecular complexity index is 1030. The van der Waals surface area contributed by atoms with Gasteiger partial charge in [-0.3, -0.25) is 19.8 Å². The summed E-state index contributed by atoms with van der Waals surface area (Å²) in [6, 6.07) is 12.5. The summed E-state index contributed by atoms with van der Waals surface area (Å²) in [7, 11) is 2.24. The van der Waals surface area contributed by atoms with Gasteiger partial charge in [0.15, 0.2) is 0 Å². The van der Waals surface area contributed by atoms with Crippen LogP contribution in [0.1, 0.15) is 27.1 Å². The number of carbonyl (C=O) groups excluding carboxylic acids is 4. The normalized spacial score (nSPS) is 17.4. The highest BCUT2D eigenvalue weighted by atomic mass is 35.5. The first-order valence-electron chi connectivity index (χ1n) is 8.76. The maximum Gasteiger partial charge on any atom is 0.355 e. The van der Waals surface area contributed by atoms with E-state index in [4.69, 9.17) is 21.1 Å². The summed E-state index contributed by atoms with van der Waals surface area (Å²) in [5.41, 5.74) is 0.858. The molecule has 2 N–H and O–H groups in total. The Morgan fingerprint density at radius 2 is 1.73 bits per heavy atom. The van der Waals surface area contributed by atoms with Crippen LogP contribution in [0.25, 0.3) is 0 Å². The van der Waals surface area contributed by atoms with Crippen LogP contribution >= 0.6 is 11.6 Å². The molecule has 0 aliphatic carbocycles. The molecule has 0 aromatic heterocycles. The quantitative estimate of drug-likeness (QED) is 0.696. The van der Waals surface area contributed by atoms with E-state index in [0.29, 0.717) is 5.69 Å². The zero-order chi connectivity index (χ0) is 21.9. The number of methoxy groups -OCH3 is 2. The molecule has 1 heterocycles. The average molecular weight is 432 g/mol. The number of para-hydroxylation sites is 1. The Kier molecular flexibility index (Phi) is 5.93. The number of esters is 2. The second-order valence-corrected chi connectivity index (χ2v) is 6.74. The number of carbonyl (C=O) groups is 4. The van der Waals surface area contributed by atoms with Crippen molar-refractivity contribution in [3.05, 3.63) is 64.7 Å². The Balaban J connectivity index is 2.12. The van der Waals surface area contributed by atoms with Crippen LogP contribution in [-0.2, 0) is 19.1 Å². The Morgan fingerprint density at radius 3 is 2.40 bits per heavy atom. The fraction of sp³-hybridized carbons (Fsp3) is 0.200. The van der Waals surface area contributed by atoms with Crippen LogP contribution in [-0.4, -0.2) is 48.6 Å². The smallest absolute Gasteiger partial charge is 0.355 e. The summed E-state index contributed by atoms with van der Waals surface area (Å²) in [6.07, 6.45) is -0.626. The third-order valence-corrected chi connectivity index (χ3v) is 4.90. The lowest BCUT2D eigenvalue weighted by atomic mass is 9.97. The monoisotopic (exact) mass is 431 g/mol. The third kappa shape index (κ3) is 3.67. The van der Waals surface area contributed by atoms with E-state index >= 15 is 0 Å². The highest BCUT2D eigenvalue weighted by molar-refractivity contribution is 6.33. The van der Waals surface area contributed by atoms with Gasteiger partial charge in [-0.2, -0.15) is 0 Å². The molecule has 2 aromatic carbocycles. The SMILES string of the molecule is COC(=O)CC1(C(=O)OC)Nc2ccccc2C(=O)N1NC(=O)c1ccccc1Cl. The highest BCUT2D eigenvalue weighted by Gasteiger charge is 2.54. The van der Waals surface area contributed by atoms with Crippen LogP contribution in [0.15, 0.2) is 48.5 Å². The summed E-state index contributed by atoms with van der Waals surface area (Å²) in [4.78, 5) is 51.1. The summed E-state index contributed by atoms with van der Waals surface area (Å²) in [5.74, 6) is -3.26. The molecule has 10 heteroatoms. The van der Waals surface area contributed by atoms with Crippen LogP contribution in [0, 0.1) is 0 Å². The van der Waals surface area contributed by atoms with E-state index in [1.165, 1.54) is 18.2 Å². The van der Waals surface area contributed by atoms with E-state index in [1.807, 2.05) is 0 Å². The third-order valence-electron chi connectivity index (χ3n) is 4.57. The number of hydrazine groups is 1. The number of fused-ring (bicyclic) bond motifs is 1. The molecule has 9 nitrogen and oxygen atoms in total. The van der Waals surface area contributed by atoms with Gasteiger partial charge in [0.05, 0.1) is 30.4 Å². The van der Waals surface area contributed by atoms with E-state index in [-0.39, 0.29) is 16.1 Å². The van der Waals surface area contributed by atoms with Crippen molar-refractivity contribution in [1.29, 1.82) is 0 Å². The van der Waals surface area contributed by atoms with Gasteiger partial charge in [0.1, 0.15) is 6.42 Å². The number of amides is 2. The molecule has 0 spiro atoms. The minimum Gasteiger partial charge on any atom is -0.469 e. The number of rotatable bonds is 5. The molecular formula is C20H18ClN3O6. The largest absolute Gasteiger partial charge is 0.469 e. The lowest BCUT2D eigenvalue weighted by Crippen LogP contribution is -2.70. The molecule has 1 atom stereocenters. The standard InChI is InChI=1S/C20H18ClN3O6/c1-29-16(25)11-20(19(28)30-2)22-15-10-6-4-8-13(15)18(27)24(20)23-17(26)12-7-3-5-9-14(12)21/h3-10,22H,11H2,1-2H3,(H,23,26). The summed E-state index contributed by atoms with van der Waals surface area (Å²) >= 11 is 6.08.